The van der Waals surface area contributed by atoms with Gasteiger partial charge in [0, 0.05) is 9.75 Å². The van der Waals surface area contributed by atoms with Crippen LogP contribution in [0.2, 0.25) is 0 Å². The van der Waals surface area contributed by atoms with Crippen molar-refractivity contribution >= 4 is 11.3 Å². The van der Waals surface area contributed by atoms with Crippen LogP contribution >= 0.6 is 11.3 Å². The van der Waals surface area contributed by atoms with Gasteiger partial charge < -0.3 is 0 Å². The van der Waals surface area contributed by atoms with Gasteiger partial charge in [0.1, 0.15) is 0 Å². The lowest BCUT2D eigenvalue weighted by Crippen LogP contribution is -1.99. The van der Waals surface area contributed by atoms with Gasteiger partial charge in [-0.25, -0.2) is 0 Å². The Morgan fingerprint density at radius 2 is 2.00 bits per heavy atom. The quantitative estimate of drug-likeness (QED) is 0.620. The highest BCUT2D eigenvalue weighted by molar-refractivity contribution is 7.12. The summed E-state index contributed by atoms with van der Waals surface area (Å²) >= 11 is 2.06. The Morgan fingerprint density at radius 1 is 1.25 bits per heavy atom. The summed E-state index contributed by atoms with van der Waals surface area (Å²) in [6.45, 7) is 4.57. The Labute approximate surface area is 78.6 Å². The van der Waals surface area contributed by atoms with Crippen LogP contribution in [0.4, 0.5) is 0 Å². The normalized spacial score (nSPS) is 16.2. The predicted molar refractivity (Wildman–Crippen MR) is 55.1 cm³/mol. The molecule has 1 heterocycles. The molecule has 0 atom stereocenters. The molecular formula is C11H16S. The van der Waals surface area contributed by atoms with Crippen LogP contribution in [0, 0.1) is 6.92 Å². The molecule has 0 aromatic carbocycles. The average molecular weight is 180 g/mol. The van der Waals surface area contributed by atoms with Crippen molar-refractivity contribution in [3.63, 3.8) is 0 Å². The molecule has 1 heteroatoms. The molecule has 0 nitrogen and oxygen atoms in total. The molecule has 0 saturated heterocycles. The van der Waals surface area contributed by atoms with E-state index in [-0.39, 0.29) is 0 Å². The summed E-state index contributed by atoms with van der Waals surface area (Å²) in [5, 5.41) is 0. The summed E-state index contributed by atoms with van der Waals surface area (Å²) in [6, 6.07) is 0. The third-order valence-electron chi connectivity index (χ3n) is 2.86. The lowest BCUT2D eigenvalue weighted by atomic mass is 9.95. The van der Waals surface area contributed by atoms with Crippen LogP contribution in [0.15, 0.2) is 0 Å². The van der Waals surface area contributed by atoms with Gasteiger partial charge in [-0.3, -0.25) is 0 Å². The molecule has 0 bridgehead atoms. The molecule has 0 fully saturated rings. The van der Waals surface area contributed by atoms with Gasteiger partial charge in [0.2, 0.25) is 0 Å². The van der Waals surface area contributed by atoms with E-state index in [1.165, 1.54) is 32.1 Å². The monoisotopic (exact) mass is 180 g/mol. The van der Waals surface area contributed by atoms with E-state index in [0.717, 1.165) is 0 Å². The van der Waals surface area contributed by atoms with Crippen molar-refractivity contribution in [3.8, 4) is 0 Å². The number of rotatable bonds is 1. The molecule has 1 aromatic heterocycles. The topological polar surface area (TPSA) is 0 Å². The minimum absolute atomic E-state index is 1.23. The van der Waals surface area contributed by atoms with Crippen LogP contribution in [0.5, 0.6) is 0 Å². The Kier molecular flexibility index (Phi) is 2.22. The Hall–Kier alpha value is -0.300. The minimum Gasteiger partial charge on any atom is -0.145 e. The second kappa shape index (κ2) is 3.21. The van der Waals surface area contributed by atoms with Crippen molar-refractivity contribution in [2.75, 3.05) is 0 Å². The van der Waals surface area contributed by atoms with Crippen LogP contribution in [-0.2, 0) is 19.3 Å². The van der Waals surface area contributed by atoms with E-state index < -0.39 is 0 Å². The molecule has 0 unspecified atom stereocenters. The molecule has 0 spiro atoms. The highest BCUT2D eigenvalue weighted by atomic mass is 32.1. The average Bonchev–Trinajstić information content (AvgIpc) is 2.44. The summed E-state index contributed by atoms with van der Waals surface area (Å²) in [5.41, 5.74) is 3.31. The van der Waals surface area contributed by atoms with Gasteiger partial charge in [0.05, 0.1) is 0 Å². The first-order valence-electron chi connectivity index (χ1n) is 4.93. The fourth-order valence-electron chi connectivity index (χ4n) is 2.12. The number of fused-ring (bicyclic) bond motifs is 1. The lowest BCUT2D eigenvalue weighted by Gasteiger charge is -2.10. The minimum atomic E-state index is 1.23. The zero-order valence-electron chi connectivity index (χ0n) is 7.94. The van der Waals surface area contributed by atoms with Crippen LogP contribution < -0.4 is 0 Å². The van der Waals surface area contributed by atoms with Gasteiger partial charge in [0.25, 0.3) is 0 Å². The van der Waals surface area contributed by atoms with Gasteiger partial charge in [-0.15, -0.1) is 11.3 Å². The smallest absolute Gasteiger partial charge is 0.00829 e. The Balaban J connectivity index is 2.44. The van der Waals surface area contributed by atoms with Crippen LogP contribution in [-0.4, -0.2) is 0 Å². The van der Waals surface area contributed by atoms with Crippen molar-refractivity contribution in [1.82, 2.24) is 0 Å². The summed E-state index contributed by atoms with van der Waals surface area (Å²) in [6.07, 6.45) is 6.74. The van der Waals surface area contributed by atoms with Crippen LogP contribution in [0.3, 0.4) is 0 Å². The Morgan fingerprint density at radius 3 is 2.67 bits per heavy atom. The SMILES string of the molecule is CCc1sc2c(c1C)CCCC2. The van der Waals surface area contributed by atoms with Gasteiger partial charge in [-0.05, 0) is 50.2 Å². The molecule has 0 aliphatic heterocycles. The fraction of sp³-hybridized carbons (Fsp3) is 0.636. The zero-order valence-corrected chi connectivity index (χ0v) is 8.76. The molecule has 66 valence electrons. The summed E-state index contributed by atoms with van der Waals surface area (Å²) < 4.78 is 0. The van der Waals surface area contributed by atoms with E-state index in [2.05, 4.69) is 25.2 Å². The molecular weight excluding hydrogens is 164 g/mol. The van der Waals surface area contributed by atoms with Crippen molar-refractivity contribution in [3.05, 3.63) is 20.9 Å². The molecule has 12 heavy (non-hydrogen) atoms. The maximum absolute atomic E-state index is 2.31. The summed E-state index contributed by atoms with van der Waals surface area (Å²) in [4.78, 5) is 3.32. The van der Waals surface area contributed by atoms with Gasteiger partial charge in [-0.2, -0.15) is 0 Å². The van der Waals surface area contributed by atoms with E-state index >= 15 is 0 Å². The standard InChI is InChI=1S/C11H16S/c1-3-10-8(2)9-6-4-5-7-11(9)12-10/h3-7H2,1-2H3. The molecule has 2 rings (SSSR count). The highest BCUT2D eigenvalue weighted by Crippen LogP contribution is 2.33. The van der Waals surface area contributed by atoms with E-state index in [9.17, 15) is 0 Å². The number of hydrogen-bond acceptors (Lipinski definition) is 1. The van der Waals surface area contributed by atoms with E-state index in [1.807, 2.05) is 0 Å². The van der Waals surface area contributed by atoms with E-state index in [0.29, 0.717) is 0 Å². The maximum atomic E-state index is 2.31. The van der Waals surface area contributed by atoms with Crippen molar-refractivity contribution in [1.29, 1.82) is 0 Å². The Bertz CT molecular complexity index is 283. The molecule has 1 aromatic rings. The van der Waals surface area contributed by atoms with Crippen molar-refractivity contribution in [2.24, 2.45) is 0 Å². The van der Waals surface area contributed by atoms with E-state index in [1.54, 1.807) is 20.9 Å². The molecule has 0 radical (unpaired) electrons. The van der Waals surface area contributed by atoms with Crippen molar-refractivity contribution < 1.29 is 0 Å². The maximum Gasteiger partial charge on any atom is 0.00829 e. The molecule has 0 saturated carbocycles. The largest absolute Gasteiger partial charge is 0.145 e. The van der Waals surface area contributed by atoms with Crippen molar-refractivity contribution in [2.45, 2.75) is 46.0 Å². The third-order valence-corrected chi connectivity index (χ3v) is 4.39. The third kappa shape index (κ3) is 1.20. The second-order valence-electron chi connectivity index (χ2n) is 3.61. The number of aryl methyl sites for hydroxylation is 2. The molecule has 1 aliphatic rings. The summed E-state index contributed by atoms with van der Waals surface area (Å²) in [7, 11) is 0. The van der Waals surface area contributed by atoms with Gasteiger partial charge in [0.15, 0.2) is 0 Å². The predicted octanol–water partition coefficient (Wildman–Crippen LogP) is 3.50. The highest BCUT2D eigenvalue weighted by Gasteiger charge is 2.16. The molecule has 1 aliphatic carbocycles. The van der Waals surface area contributed by atoms with Gasteiger partial charge >= 0.3 is 0 Å². The molecule has 0 N–H and O–H groups in total. The summed E-state index contributed by atoms with van der Waals surface area (Å²) in [5.74, 6) is 0. The first-order chi connectivity index (χ1) is 5.83. The fourth-order valence-corrected chi connectivity index (χ4v) is 3.46. The lowest BCUT2D eigenvalue weighted by molar-refractivity contribution is 0.694. The zero-order chi connectivity index (χ0) is 8.55. The first-order valence-corrected chi connectivity index (χ1v) is 5.74. The first kappa shape index (κ1) is 8.31. The molecule has 0 amide bonds. The van der Waals surface area contributed by atoms with Crippen LogP contribution in [0.1, 0.15) is 40.6 Å². The number of hydrogen-bond donors (Lipinski definition) is 0. The number of thiophene rings is 1. The second-order valence-corrected chi connectivity index (χ2v) is 4.80. The van der Waals surface area contributed by atoms with Crippen LogP contribution in [0.25, 0.3) is 0 Å². The van der Waals surface area contributed by atoms with Gasteiger partial charge in [-0.1, -0.05) is 6.92 Å². The van der Waals surface area contributed by atoms with E-state index in [4.69, 9.17) is 0 Å².